The van der Waals surface area contributed by atoms with Crippen LogP contribution in [0.25, 0.3) is 0 Å². The molecule has 0 spiro atoms. The van der Waals surface area contributed by atoms with Crippen molar-refractivity contribution in [3.8, 4) is 11.8 Å². The Morgan fingerprint density at radius 3 is 2.61 bits per heavy atom. The van der Waals surface area contributed by atoms with E-state index in [4.69, 9.17) is 15.1 Å². The van der Waals surface area contributed by atoms with Gasteiger partial charge in [0, 0.05) is 24.7 Å². The van der Waals surface area contributed by atoms with Crippen LogP contribution >= 0.6 is 0 Å². The van der Waals surface area contributed by atoms with Crippen LogP contribution in [-0.4, -0.2) is 42.3 Å². The van der Waals surface area contributed by atoms with Gasteiger partial charge in [-0.15, -0.1) is 0 Å². The molecule has 1 aromatic carbocycles. The maximum absolute atomic E-state index is 13.2. The third-order valence-corrected chi connectivity index (χ3v) is 5.01. The first kappa shape index (κ1) is 22.4. The van der Waals surface area contributed by atoms with E-state index < -0.39 is 17.3 Å². The maximum atomic E-state index is 13.2. The highest BCUT2D eigenvalue weighted by Crippen LogP contribution is 2.35. The summed E-state index contributed by atoms with van der Waals surface area (Å²) >= 11 is 0. The molecule has 1 saturated heterocycles. The van der Waals surface area contributed by atoms with Gasteiger partial charge in [-0.25, -0.2) is 4.98 Å². The molecule has 3 rings (SSSR count). The van der Waals surface area contributed by atoms with Crippen molar-refractivity contribution >= 4 is 17.4 Å². The number of alkyl halides is 3. The molecule has 1 aromatic heterocycles. The number of nitriles is 1. The minimum absolute atomic E-state index is 0.114. The van der Waals surface area contributed by atoms with Gasteiger partial charge in [-0.3, -0.25) is 4.79 Å². The van der Waals surface area contributed by atoms with E-state index in [1.807, 2.05) is 0 Å². The zero-order valence-electron chi connectivity index (χ0n) is 16.5. The number of ether oxygens (including phenoxy) is 1. The summed E-state index contributed by atoms with van der Waals surface area (Å²) in [5.41, 5.74) is -0.985. The van der Waals surface area contributed by atoms with Crippen LogP contribution in [0.15, 0.2) is 36.5 Å². The van der Waals surface area contributed by atoms with Gasteiger partial charge < -0.3 is 20.1 Å². The third kappa shape index (κ3) is 5.64. The number of benzene rings is 1. The first-order valence-corrected chi connectivity index (χ1v) is 9.68. The number of aliphatic hydroxyl groups excluding tert-OH is 1. The average molecular weight is 434 g/mol. The minimum Gasteiger partial charge on any atom is -0.490 e. The predicted octanol–water partition coefficient (Wildman–Crippen LogP) is 3.20. The van der Waals surface area contributed by atoms with Crippen molar-refractivity contribution in [2.24, 2.45) is 5.92 Å². The molecule has 0 saturated carbocycles. The molecule has 0 unspecified atom stereocenters. The van der Waals surface area contributed by atoms with Crippen LogP contribution in [-0.2, 0) is 11.0 Å². The Morgan fingerprint density at radius 2 is 2.03 bits per heavy atom. The van der Waals surface area contributed by atoms with Crippen molar-refractivity contribution < 1.29 is 27.8 Å². The summed E-state index contributed by atoms with van der Waals surface area (Å²) in [4.78, 5) is 18.4. The third-order valence-electron chi connectivity index (χ3n) is 5.01. The number of hydrogen-bond donors (Lipinski definition) is 2. The Hall–Kier alpha value is -3.32. The largest absolute Gasteiger partial charge is 0.490 e. The number of carbonyl (C=O) groups is 1. The summed E-state index contributed by atoms with van der Waals surface area (Å²) in [5, 5.41) is 20.4. The van der Waals surface area contributed by atoms with Gasteiger partial charge in [-0.1, -0.05) is 0 Å². The summed E-state index contributed by atoms with van der Waals surface area (Å²) in [6.07, 6.45) is -2.21. The highest BCUT2D eigenvalue weighted by atomic mass is 19.4. The summed E-state index contributed by atoms with van der Waals surface area (Å²) in [7, 11) is 0. The van der Waals surface area contributed by atoms with Gasteiger partial charge in [0.1, 0.15) is 18.2 Å². The van der Waals surface area contributed by atoms with Crippen molar-refractivity contribution in [1.82, 2.24) is 4.98 Å². The molecular weight excluding hydrogens is 413 g/mol. The Bertz CT molecular complexity index is 950. The Labute approximate surface area is 177 Å². The van der Waals surface area contributed by atoms with Crippen LogP contribution in [0.5, 0.6) is 5.75 Å². The van der Waals surface area contributed by atoms with Crippen molar-refractivity contribution in [2.75, 3.05) is 36.5 Å². The lowest BCUT2D eigenvalue weighted by Gasteiger charge is -2.33. The van der Waals surface area contributed by atoms with Gasteiger partial charge >= 0.3 is 6.18 Å². The van der Waals surface area contributed by atoms with Crippen molar-refractivity contribution in [3.63, 3.8) is 0 Å². The molecule has 164 valence electrons. The molecule has 0 radical (unpaired) electrons. The number of carbonyl (C=O) groups excluding carboxylic acids is 1. The number of amides is 1. The number of aromatic nitrogens is 1. The number of rotatable bonds is 6. The van der Waals surface area contributed by atoms with Crippen molar-refractivity contribution in [3.05, 3.63) is 47.7 Å². The van der Waals surface area contributed by atoms with E-state index in [9.17, 15) is 18.0 Å². The molecule has 0 aliphatic carbocycles. The minimum atomic E-state index is -4.61. The fourth-order valence-electron chi connectivity index (χ4n) is 3.39. The number of anilines is 2. The molecule has 1 fully saturated rings. The molecular formula is C21H21F3N4O3. The van der Waals surface area contributed by atoms with E-state index >= 15 is 0 Å². The quantitative estimate of drug-likeness (QED) is 0.725. The van der Waals surface area contributed by atoms with Crippen LogP contribution in [0, 0.1) is 17.2 Å². The molecule has 2 heterocycles. The van der Waals surface area contributed by atoms with E-state index in [1.165, 1.54) is 18.3 Å². The highest BCUT2D eigenvalue weighted by Gasteiger charge is 2.34. The summed E-state index contributed by atoms with van der Waals surface area (Å²) in [6.45, 7) is 0.873. The topological polar surface area (TPSA) is 98.5 Å². The van der Waals surface area contributed by atoms with E-state index in [-0.39, 0.29) is 25.0 Å². The first-order chi connectivity index (χ1) is 14.8. The molecule has 31 heavy (non-hydrogen) atoms. The number of hydrogen-bond acceptors (Lipinski definition) is 6. The second-order valence-corrected chi connectivity index (χ2v) is 7.04. The van der Waals surface area contributed by atoms with Crippen LogP contribution in [0.1, 0.15) is 24.0 Å². The number of halogens is 3. The van der Waals surface area contributed by atoms with Gasteiger partial charge in [0.25, 0.3) is 0 Å². The van der Waals surface area contributed by atoms with Crippen LogP contribution in [0.3, 0.4) is 0 Å². The lowest BCUT2D eigenvalue weighted by atomic mass is 9.95. The van der Waals surface area contributed by atoms with Gasteiger partial charge in [0.05, 0.1) is 30.0 Å². The van der Waals surface area contributed by atoms with Crippen LogP contribution < -0.4 is 15.0 Å². The second-order valence-electron chi connectivity index (χ2n) is 7.04. The van der Waals surface area contributed by atoms with Crippen LogP contribution in [0.4, 0.5) is 24.7 Å². The summed E-state index contributed by atoms with van der Waals surface area (Å²) < 4.78 is 44.8. The molecule has 1 aliphatic rings. The zero-order chi connectivity index (χ0) is 22.4. The molecule has 2 N–H and O–H groups in total. The first-order valence-electron chi connectivity index (χ1n) is 9.68. The normalized spacial score (nSPS) is 14.7. The van der Waals surface area contributed by atoms with E-state index in [0.29, 0.717) is 43.2 Å². The highest BCUT2D eigenvalue weighted by molar-refractivity contribution is 5.91. The predicted molar refractivity (Wildman–Crippen MR) is 107 cm³/mol. The molecule has 1 amide bonds. The van der Waals surface area contributed by atoms with Gasteiger partial charge in [0.2, 0.25) is 5.91 Å². The monoisotopic (exact) mass is 434 g/mol. The molecule has 0 bridgehead atoms. The smallest absolute Gasteiger partial charge is 0.417 e. The Balaban J connectivity index is 1.58. The second kappa shape index (κ2) is 9.66. The molecule has 0 atom stereocenters. The van der Waals surface area contributed by atoms with Crippen LogP contribution in [0.2, 0.25) is 0 Å². The van der Waals surface area contributed by atoms with Gasteiger partial charge in [-0.2, -0.15) is 18.4 Å². The molecule has 1 aliphatic heterocycles. The maximum Gasteiger partial charge on any atom is 0.417 e. The van der Waals surface area contributed by atoms with E-state index in [2.05, 4.69) is 10.3 Å². The Kier molecular flexibility index (Phi) is 6.97. The number of piperidine rings is 1. The number of pyridine rings is 1. The lowest BCUT2D eigenvalue weighted by molar-refractivity contribution is -0.137. The van der Waals surface area contributed by atoms with E-state index in [0.717, 1.165) is 6.07 Å². The molecule has 2 aromatic rings. The lowest BCUT2D eigenvalue weighted by Crippen LogP contribution is -2.38. The SMILES string of the molecule is N#Cc1ccc(N2CCC(C(=O)Nc3ccc(OCCO)cn3)CC2)cc1C(F)(F)F. The molecule has 10 heteroatoms. The fourth-order valence-corrected chi connectivity index (χ4v) is 3.39. The Morgan fingerprint density at radius 1 is 1.29 bits per heavy atom. The van der Waals surface area contributed by atoms with Crippen molar-refractivity contribution in [1.29, 1.82) is 5.26 Å². The zero-order valence-corrected chi connectivity index (χ0v) is 16.5. The van der Waals surface area contributed by atoms with Gasteiger partial charge in [0.15, 0.2) is 0 Å². The standard InChI is InChI=1S/C21H21F3N4O3/c22-21(23,24)18-11-16(2-1-15(18)12-25)28-7-5-14(6-8-28)20(30)27-19-4-3-17(13-26-19)31-10-9-29/h1-4,11,13-14,29H,5-10H2,(H,26,27,30). The fraction of sp³-hybridized carbons (Fsp3) is 0.381. The summed E-state index contributed by atoms with van der Waals surface area (Å²) in [6, 6.07) is 8.46. The average Bonchev–Trinajstić information content (AvgIpc) is 2.77. The van der Waals surface area contributed by atoms with E-state index in [1.54, 1.807) is 23.1 Å². The van der Waals surface area contributed by atoms with Crippen molar-refractivity contribution in [2.45, 2.75) is 19.0 Å². The molecule has 7 nitrogen and oxygen atoms in total. The van der Waals surface area contributed by atoms with Gasteiger partial charge in [-0.05, 0) is 43.2 Å². The number of aliphatic hydroxyl groups is 1. The number of nitrogens with one attached hydrogen (secondary N) is 1. The number of nitrogens with zero attached hydrogens (tertiary/aromatic N) is 3. The summed E-state index contributed by atoms with van der Waals surface area (Å²) in [5.74, 6) is 0.350.